The Morgan fingerprint density at radius 3 is 2.70 bits per heavy atom. The SMILES string of the molecule is O=C1CCN(C(=O)[C@H]2OCC(=O)N[C@@H]2c2ccccc2)CCN1. The molecule has 0 radical (unpaired) electrons. The van der Waals surface area contributed by atoms with Crippen molar-refractivity contribution in [3.05, 3.63) is 35.9 Å². The lowest BCUT2D eigenvalue weighted by Gasteiger charge is -2.34. The molecular formula is C16H19N3O4. The number of rotatable bonds is 2. The Morgan fingerprint density at radius 2 is 1.91 bits per heavy atom. The standard InChI is InChI=1S/C16H19N3O4/c20-12-6-8-19(9-7-17-12)16(22)15-14(18-13(21)10-23-15)11-4-2-1-3-5-11/h1-5,14-15H,6-10H2,(H,17,20)(H,18,21)/t14-,15+/m1/s1. The van der Waals surface area contributed by atoms with Crippen molar-refractivity contribution in [2.24, 2.45) is 0 Å². The van der Waals surface area contributed by atoms with Gasteiger partial charge in [-0.05, 0) is 5.56 Å². The molecule has 0 unspecified atom stereocenters. The summed E-state index contributed by atoms with van der Waals surface area (Å²) in [5.74, 6) is -0.497. The Morgan fingerprint density at radius 1 is 1.13 bits per heavy atom. The minimum absolute atomic E-state index is 0.0576. The van der Waals surface area contributed by atoms with Gasteiger partial charge in [0.2, 0.25) is 11.8 Å². The molecule has 2 aliphatic heterocycles. The maximum absolute atomic E-state index is 12.8. The van der Waals surface area contributed by atoms with E-state index in [1.165, 1.54) is 0 Å². The van der Waals surface area contributed by atoms with Crippen LogP contribution in [0.4, 0.5) is 0 Å². The summed E-state index contributed by atoms with van der Waals surface area (Å²) in [5, 5.41) is 5.57. The highest BCUT2D eigenvalue weighted by molar-refractivity contribution is 5.87. The van der Waals surface area contributed by atoms with E-state index in [1.54, 1.807) is 4.90 Å². The second-order valence-electron chi connectivity index (χ2n) is 5.61. The average molecular weight is 317 g/mol. The van der Waals surface area contributed by atoms with Gasteiger partial charge in [0, 0.05) is 26.1 Å². The minimum atomic E-state index is -0.775. The molecule has 0 saturated carbocycles. The third-order valence-electron chi connectivity index (χ3n) is 4.04. The van der Waals surface area contributed by atoms with Crippen molar-refractivity contribution in [1.82, 2.24) is 15.5 Å². The second kappa shape index (κ2) is 6.78. The Hall–Kier alpha value is -2.41. The van der Waals surface area contributed by atoms with Crippen molar-refractivity contribution in [1.29, 1.82) is 0 Å². The summed E-state index contributed by atoms with van der Waals surface area (Å²) in [7, 11) is 0. The summed E-state index contributed by atoms with van der Waals surface area (Å²) < 4.78 is 5.53. The average Bonchev–Trinajstić information content (AvgIpc) is 2.79. The maximum Gasteiger partial charge on any atom is 0.254 e. The van der Waals surface area contributed by atoms with Crippen LogP contribution >= 0.6 is 0 Å². The first-order valence-corrected chi connectivity index (χ1v) is 7.66. The van der Waals surface area contributed by atoms with Crippen LogP contribution in [-0.2, 0) is 19.1 Å². The smallest absolute Gasteiger partial charge is 0.254 e. The summed E-state index contributed by atoms with van der Waals surface area (Å²) in [6.07, 6.45) is -0.496. The number of morpholine rings is 1. The number of carbonyl (C=O) groups excluding carboxylic acids is 3. The van der Waals surface area contributed by atoms with E-state index in [4.69, 9.17) is 4.74 Å². The third-order valence-corrected chi connectivity index (χ3v) is 4.04. The van der Waals surface area contributed by atoms with Gasteiger partial charge >= 0.3 is 0 Å². The molecule has 2 atom stereocenters. The Kier molecular flexibility index (Phi) is 4.57. The van der Waals surface area contributed by atoms with Crippen LogP contribution in [0.1, 0.15) is 18.0 Å². The summed E-state index contributed by atoms with van der Waals surface area (Å²) >= 11 is 0. The molecule has 0 bridgehead atoms. The predicted molar refractivity (Wildman–Crippen MR) is 81.3 cm³/mol. The van der Waals surface area contributed by atoms with Gasteiger partial charge in [-0.3, -0.25) is 14.4 Å². The first-order chi connectivity index (χ1) is 11.1. The van der Waals surface area contributed by atoms with Crippen molar-refractivity contribution < 1.29 is 19.1 Å². The summed E-state index contributed by atoms with van der Waals surface area (Å²) in [6.45, 7) is 1.10. The minimum Gasteiger partial charge on any atom is -0.356 e. The molecule has 3 rings (SSSR count). The predicted octanol–water partition coefficient (Wildman–Crippen LogP) is -0.409. The fourth-order valence-corrected chi connectivity index (χ4v) is 2.85. The molecule has 0 spiro atoms. The molecule has 2 aliphatic rings. The van der Waals surface area contributed by atoms with Crippen LogP contribution in [0.2, 0.25) is 0 Å². The molecule has 0 aromatic heterocycles. The quantitative estimate of drug-likeness (QED) is 0.776. The Bertz CT molecular complexity index is 605. The van der Waals surface area contributed by atoms with Gasteiger partial charge in [-0.1, -0.05) is 30.3 Å². The summed E-state index contributed by atoms with van der Waals surface area (Å²) in [4.78, 5) is 37.5. The largest absolute Gasteiger partial charge is 0.356 e. The zero-order valence-electron chi connectivity index (χ0n) is 12.7. The van der Waals surface area contributed by atoms with Crippen LogP contribution in [0, 0.1) is 0 Å². The van der Waals surface area contributed by atoms with Gasteiger partial charge in [0.15, 0.2) is 6.10 Å². The van der Waals surface area contributed by atoms with Gasteiger partial charge in [-0.15, -0.1) is 0 Å². The zero-order valence-corrected chi connectivity index (χ0v) is 12.7. The van der Waals surface area contributed by atoms with Crippen molar-refractivity contribution in [2.75, 3.05) is 26.2 Å². The highest BCUT2D eigenvalue weighted by Gasteiger charge is 2.38. The van der Waals surface area contributed by atoms with E-state index in [0.29, 0.717) is 19.6 Å². The molecular weight excluding hydrogens is 298 g/mol. The molecule has 7 heteroatoms. The van der Waals surface area contributed by atoms with E-state index < -0.39 is 12.1 Å². The van der Waals surface area contributed by atoms with Crippen LogP contribution < -0.4 is 10.6 Å². The van der Waals surface area contributed by atoms with Crippen LogP contribution in [-0.4, -0.2) is 55.0 Å². The first kappa shape index (κ1) is 15.5. The van der Waals surface area contributed by atoms with Crippen LogP contribution in [0.5, 0.6) is 0 Å². The monoisotopic (exact) mass is 317 g/mol. The van der Waals surface area contributed by atoms with E-state index in [9.17, 15) is 14.4 Å². The number of benzene rings is 1. The number of hydrogen-bond acceptors (Lipinski definition) is 4. The number of ether oxygens (including phenoxy) is 1. The molecule has 1 aromatic carbocycles. The molecule has 2 fully saturated rings. The maximum atomic E-state index is 12.8. The Labute approximate surface area is 134 Å². The molecule has 23 heavy (non-hydrogen) atoms. The molecule has 2 heterocycles. The molecule has 3 amide bonds. The molecule has 2 saturated heterocycles. The first-order valence-electron chi connectivity index (χ1n) is 7.66. The van der Waals surface area contributed by atoms with Crippen molar-refractivity contribution in [3.63, 3.8) is 0 Å². The van der Waals surface area contributed by atoms with E-state index in [1.807, 2.05) is 30.3 Å². The van der Waals surface area contributed by atoms with Crippen LogP contribution in [0.3, 0.4) is 0 Å². The number of carbonyl (C=O) groups is 3. The molecule has 2 N–H and O–H groups in total. The Balaban J connectivity index is 1.79. The van der Waals surface area contributed by atoms with Gasteiger partial charge in [0.25, 0.3) is 5.91 Å². The van der Waals surface area contributed by atoms with Crippen LogP contribution in [0.25, 0.3) is 0 Å². The van der Waals surface area contributed by atoms with E-state index >= 15 is 0 Å². The lowest BCUT2D eigenvalue weighted by atomic mass is 9.98. The topological polar surface area (TPSA) is 87.7 Å². The van der Waals surface area contributed by atoms with Gasteiger partial charge in [0.1, 0.15) is 6.61 Å². The van der Waals surface area contributed by atoms with Gasteiger partial charge in [0.05, 0.1) is 6.04 Å². The van der Waals surface area contributed by atoms with Gasteiger partial charge < -0.3 is 20.3 Å². The summed E-state index contributed by atoms with van der Waals surface area (Å²) in [5.41, 5.74) is 0.822. The second-order valence-corrected chi connectivity index (χ2v) is 5.61. The van der Waals surface area contributed by atoms with E-state index in [0.717, 1.165) is 5.56 Å². The van der Waals surface area contributed by atoms with Crippen molar-refractivity contribution in [2.45, 2.75) is 18.6 Å². The van der Waals surface area contributed by atoms with Crippen molar-refractivity contribution in [3.8, 4) is 0 Å². The molecule has 1 aromatic rings. The van der Waals surface area contributed by atoms with Crippen molar-refractivity contribution >= 4 is 17.7 Å². The van der Waals surface area contributed by atoms with E-state index in [-0.39, 0.29) is 30.7 Å². The third kappa shape index (κ3) is 3.50. The fraction of sp³-hybridized carbons (Fsp3) is 0.438. The van der Waals surface area contributed by atoms with E-state index in [2.05, 4.69) is 10.6 Å². The van der Waals surface area contributed by atoms with Gasteiger partial charge in [-0.2, -0.15) is 0 Å². The van der Waals surface area contributed by atoms with Crippen LogP contribution in [0.15, 0.2) is 30.3 Å². The molecule has 7 nitrogen and oxygen atoms in total. The lowest BCUT2D eigenvalue weighted by molar-refractivity contribution is -0.155. The number of amides is 3. The molecule has 0 aliphatic carbocycles. The zero-order chi connectivity index (χ0) is 16.2. The highest BCUT2D eigenvalue weighted by atomic mass is 16.5. The normalized spacial score (nSPS) is 25.3. The fourth-order valence-electron chi connectivity index (χ4n) is 2.85. The number of nitrogens with one attached hydrogen (secondary N) is 2. The van der Waals surface area contributed by atoms with Gasteiger partial charge in [-0.25, -0.2) is 0 Å². The molecule has 122 valence electrons. The summed E-state index contributed by atoms with van der Waals surface area (Å²) in [6, 6.07) is 8.77. The lowest BCUT2D eigenvalue weighted by Crippen LogP contribution is -2.53. The highest BCUT2D eigenvalue weighted by Crippen LogP contribution is 2.24. The number of hydrogen-bond donors (Lipinski definition) is 2. The number of nitrogens with zero attached hydrogens (tertiary/aromatic N) is 1.